The summed E-state index contributed by atoms with van der Waals surface area (Å²) in [6, 6.07) is 6.08. The van der Waals surface area contributed by atoms with Crippen LogP contribution in [0.3, 0.4) is 0 Å². The number of nitrogens with zero attached hydrogens (tertiary/aromatic N) is 3. The van der Waals surface area contributed by atoms with Crippen molar-refractivity contribution >= 4 is 39.3 Å². The van der Waals surface area contributed by atoms with Crippen molar-refractivity contribution in [2.24, 2.45) is 0 Å². The van der Waals surface area contributed by atoms with Crippen molar-refractivity contribution in [3.63, 3.8) is 0 Å². The number of nitrogens with one attached hydrogen (secondary N) is 2. The number of carbonyl (C=O) groups is 1. The number of nitrogens with two attached hydrogens (primary N) is 1. The lowest BCUT2D eigenvalue weighted by Crippen LogP contribution is -2.30. The van der Waals surface area contributed by atoms with Gasteiger partial charge in [0.05, 0.1) is 10.6 Å². The smallest absolute Gasteiger partial charge is 0.243 e. The van der Waals surface area contributed by atoms with E-state index in [1.54, 1.807) is 26.0 Å². The molecule has 0 radical (unpaired) electrons. The van der Waals surface area contributed by atoms with Crippen molar-refractivity contribution in [2.75, 3.05) is 29.9 Å². The van der Waals surface area contributed by atoms with Crippen LogP contribution in [0, 0.1) is 0 Å². The molecule has 1 aromatic heterocycles. The third-order valence-corrected chi connectivity index (χ3v) is 6.21. The van der Waals surface area contributed by atoms with Crippen LogP contribution in [0.1, 0.15) is 13.8 Å². The van der Waals surface area contributed by atoms with E-state index >= 15 is 0 Å². The van der Waals surface area contributed by atoms with Crippen LogP contribution in [0.2, 0.25) is 0 Å². The van der Waals surface area contributed by atoms with Gasteiger partial charge in [0.25, 0.3) is 0 Å². The number of hydrogen-bond acceptors (Lipinski definition) is 7. The van der Waals surface area contributed by atoms with Gasteiger partial charge in [-0.05, 0) is 24.3 Å². The minimum atomic E-state index is -3.51. The standard InChI is InChI=1S/C14H20N6O3S2/c1-3-20(4-2)25(22,23)11-7-5-10(6-8-11)16-12(21)9-24-14-17-13(15)18-19-14/h5-8H,3-4,9H2,1-2H3,(H,16,21)(H3,15,17,18,19). The summed E-state index contributed by atoms with van der Waals surface area (Å²) < 4.78 is 26.2. The van der Waals surface area contributed by atoms with Crippen molar-refractivity contribution in [1.82, 2.24) is 19.5 Å². The molecule has 0 bridgehead atoms. The summed E-state index contributed by atoms with van der Waals surface area (Å²) in [6.07, 6.45) is 0. The van der Waals surface area contributed by atoms with E-state index in [4.69, 9.17) is 5.73 Å². The lowest BCUT2D eigenvalue weighted by molar-refractivity contribution is -0.113. The number of aromatic nitrogens is 3. The Morgan fingerprint density at radius 1 is 1.28 bits per heavy atom. The van der Waals surface area contributed by atoms with Gasteiger partial charge >= 0.3 is 0 Å². The molecule has 4 N–H and O–H groups in total. The maximum absolute atomic E-state index is 12.4. The number of carbonyl (C=O) groups excluding carboxylic acids is 1. The number of thioether (sulfide) groups is 1. The van der Waals surface area contributed by atoms with E-state index in [0.717, 1.165) is 11.8 Å². The molecule has 9 nitrogen and oxygen atoms in total. The van der Waals surface area contributed by atoms with Crippen LogP contribution in [-0.2, 0) is 14.8 Å². The summed E-state index contributed by atoms with van der Waals surface area (Å²) in [5.41, 5.74) is 5.92. The summed E-state index contributed by atoms with van der Waals surface area (Å²) >= 11 is 1.14. The van der Waals surface area contributed by atoms with E-state index < -0.39 is 10.0 Å². The van der Waals surface area contributed by atoms with Crippen molar-refractivity contribution < 1.29 is 13.2 Å². The second-order valence-corrected chi connectivity index (χ2v) is 7.83. The summed E-state index contributed by atoms with van der Waals surface area (Å²) in [7, 11) is -3.51. The molecular weight excluding hydrogens is 364 g/mol. The van der Waals surface area contributed by atoms with Crippen molar-refractivity contribution in [3.05, 3.63) is 24.3 Å². The molecule has 0 saturated carbocycles. The highest BCUT2D eigenvalue weighted by molar-refractivity contribution is 7.99. The number of H-pyrrole nitrogens is 1. The molecule has 25 heavy (non-hydrogen) atoms. The van der Waals surface area contributed by atoms with Gasteiger partial charge in [-0.25, -0.2) is 13.5 Å². The van der Waals surface area contributed by atoms with Crippen LogP contribution in [0.15, 0.2) is 34.3 Å². The van der Waals surface area contributed by atoms with E-state index in [1.807, 2.05) is 0 Å². The quantitative estimate of drug-likeness (QED) is 0.581. The molecule has 0 spiro atoms. The average molecular weight is 384 g/mol. The molecule has 1 aromatic carbocycles. The summed E-state index contributed by atoms with van der Waals surface area (Å²) in [6.45, 7) is 4.38. The maximum atomic E-state index is 12.4. The Kier molecular flexibility index (Phi) is 6.39. The molecule has 11 heteroatoms. The number of anilines is 2. The first-order valence-electron chi connectivity index (χ1n) is 7.57. The van der Waals surface area contributed by atoms with Crippen LogP contribution >= 0.6 is 11.8 Å². The fourth-order valence-electron chi connectivity index (χ4n) is 2.07. The van der Waals surface area contributed by atoms with E-state index in [0.29, 0.717) is 23.9 Å². The largest absolute Gasteiger partial charge is 0.368 e. The lowest BCUT2D eigenvalue weighted by atomic mass is 10.3. The highest BCUT2D eigenvalue weighted by atomic mass is 32.2. The second-order valence-electron chi connectivity index (χ2n) is 4.95. The van der Waals surface area contributed by atoms with Crippen LogP contribution < -0.4 is 11.1 Å². The van der Waals surface area contributed by atoms with Gasteiger partial charge in [-0.2, -0.15) is 9.29 Å². The van der Waals surface area contributed by atoms with E-state index in [-0.39, 0.29) is 22.5 Å². The number of nitrogen functional groups attached to an aromatic ring is 1. The van der Waals surface area contributed by atoms with Crippen LogP contribution in [0.4, 0.5) is 11.6 Å². The minimum absolute atomic E-state index is 0.108. The first kappa shape index (κ1) is 19.2. The monoisotopic (exact) mass is 384 g/mol. The Morgan fingerprint density at radius 2 is 1.92 bits per heavy atom. The number of amides is 1. The van der Waals surface area contributed by atoms with Gasteiger partial charge in [0.2, 0.25) is 27.0 Å². The molecule has 0 aliphatic rings. The highest BCUT2D eigenvalue weighted by Crippen LogP contribution is 2.19. The van der Waals surface area contributed by atoms with E-state index in [9.17, 15) is 13.2 Å². The SMILES string of the molecule is CCN(CC)S(=O)(=O)c1ccc(NC(=O)CSc2n[nH]c(N)n2)cc1. The predicted octanol–water partition coefficient (Wildman–Crippen LogP) is 1.15. The molecular formula is C14H20N6O3S2. The summed E-state index contributed by atoms with van der Waals surface area (Å²) in [4.78, 5) is 16.0. The molecule has 0 unspecified atom stereocenters. The number of rotatable bonds is 8. The molecule has 2 aromatic rings. The Morgan fingerprint density at radius 3 is 2.44 bits per heavy atom. The van der Waals surface area contributed by atoms with Gasteiger partial charge in [0, 0.05) is 18.8 Å². The van der Waals surface area contributed by atoms with Gasteiger partial charge < -0.3 is 11.1 Å². The Bertz CT molecular complexity index is 815. The molecule has 0 atom stereocenters. The first-order chi connectivity index (χ1) is 11.9. The molecule has 1 heterocycles. The Balaban J connectivity index is 1.96. The Hall–Kier alpha value is -2.11. The molecule has 0 aliphatic carbocycles. The first-order valence-corrected chi connectivity index (χ1v) is 10.00. The van der Waals surface area contributed by atoms with Gasteiger partial charge in [-0.15, -0.1) is 5.10 Å². The van der Waals surface area contributed by atoms with Crippen molar-refractivity contribution in [3.8, 4) is 0 Å². The number of hydrogen-bond donors (Lipinski definition) is 3. The highest BCUT2D eigenvalue weighted by Gasteiger charge is 2.21. The number of benzene rings is 1. The summed E-state index contributed by atoms with van der Waals surface area (Å²) in [5, 5.41) is 9.37. The van der Waals surface area contributed by atoms with E-state index in [1.165, 1.54) is 16.4 Å². The van der Waals surface area contributed by atoms with Crippen molar-refractivity contribution in [1.29, 1.82) is 0 Å². The number of aromatic amines is 1. The average Bonchev–Trinajstić information content (AvgIpc) is 3.00. The fourth-order valence-corrected chi connectivity index (χ4v) is 4.14. The zero-order valence-electron chi connectivity index (χ0n) is 13.9. The van der Waals surface area contributed by atoms with Crippen LogP contribution in [-0.4, -0.2) is 52.7 Å². The molecule has 2 rings (SSSR count). The minimum Gasteiger partial charge on any atom is -0.368 e. The molecule has 0 saturated heterocycles. The predicted molar refractivity (Wildman–Crippen MR) is 96.7 cm³/mol. The van der Waals surface area contributed by atoms with Gasteiger partial charge in [0.15, 0.2) is 0 Å². The molecule has 136 valence electrons. The zero-order valence-corrected chi connectivity index (χ0v) is 15.5. The van der Waals surface area contributed by atoms with Crippen LogP contribution in [0.5, 0.6) is 0 Å². The fraction of sp³-hybridized carbons (Fsp3) is 0.357. The van der Waals surface area contributed by atoms with Crippen LogP contribution in [0.25, 0.3) is 0 Å². The zero-order chi connectivity index (χ0) is 18.4. The lowest BCUT2D eigenvalue weighted by Gasteiger charge is -2.18. The van der Waals surface area contributed by atoms with Gasteiger partial charge in [-0.1, -0.05) is 25.6 Å². The topological polar surface area (TPSA) is 134 Å². The second kappa shape index (κ2) is 8.32. The molecule has 1 amide bonds. The third-order valence-electron chi connectivity index (χ3n) is 3.30. The Labute approximate surface area is 150 Å². The normalized spacial score (nSPS) is 11.6. The number of sulfonamides is 1. The van der Waals surface area contributed by atoms with Gasteiger partial charge in [0.1, 0.15) is 0 Å². The summed E-state index contributed by atoms with van der Waals surface area (Å²) in [5.74, 6) is 0.0391. The van der Waals surface area contributed by atoms with Crippen molar-refractivity contribution in [2.45, 2.75) is 23.9 Å². The molecule has 0 aliphatic heterocycles. The van der Waals surface area contributed by atoms with Gasteiger partial charge in [-0.3, -0.25) is 4.79 Å². The van der Waals surface area contributed by atoms with E-state index in [2.05, 4.69) is 20.5 Å². The maximum Gasteiger partial charge on any atom is 0.243 e. The molecule has 0 fully saturated rings. The third kappa shape index (κ3) is 4.94.